The van der Waals surface area contributed by atoms with E-state index in [1.54, 1.807) is 0 Å². The number of rotatable bonds is 2. The highest BCUT2D eigenvalue weighted by molar-refractivity contribution is 6.30. The molecule has 1 aromatic carbocycles. The van der Waals surface area contributed by atoms with E-state index in [0.717, 1.165) is 16.9 Å². The van der Waals surface area contributed by atoms with Crippen molar-refractivity contribution in [1.82, 2.24) is 0 Å². The molecule has 0 aromatic heterocycles. The van der Waals surface area contributed by atoms with Crippen molar-refractivity contribution >= 4 is 17.4 Å². The Labute approximate surface area is 125 Å². The molecule has 20 heavy (non-hydrogen) atoms. The van der Waals surface area contributed by atoms with Crippen LogP contribution in [0.15, 0.2) is 24.3 Å². The maximum Gasteiger partial charge on any atom is 0.0948 e. The Hall–Kier alpha value is -1.02. The van der Waals surface area contributed by atoms with Gasteiger partial charge >= 0.3 is 0 Å². The number of nitrogens with two attached hydrogens (primary N) is 1. The second kappa shape index (κ2) is 4.24. The van der Waals surface area contributed by atoms with E-state index in [9.17, 15) is 0 Å². The van der Waals surface area contributed by atoms with Crippen molar-refractivity contribution in [2.45, 2.75) is 37.5 Å². The molecule has 4 aliphatic carbocycles. The Morgan fingerprint density at radius 3 is 2.25 bits per heavy atom. The molecule has 0 saturated heterocycles. The largest absolute Gasteiger partial charge is 0.387 e. The van der Waals surface area contributed by atoms with E-state index in [4.69, 9.17) is 22.7 Å². The first kappa shape index (κ1) is 12.7. The third kappa shape index (κ3) is 1.67. The fourth-order valence-corrected chi connectivity index (χ4v) is 5.92. The Bertz CT molecular complexity index is 537. The van der Waals surface area contributed by atoms with Gasteiger partial charge in [0.15, 0.2) is 0 Å². The van der Waals surface area contributed by atoms with Crippen LogP contribution in [-0.4, -0.2) is 5.84 Å². The first-order chi connectivity index (χ1) is 9.58. The SMILES string of the molecule is N=C(N)C1C2CC3CC(C2)CC1(c1ccc(Cl)cc1)C3. The highest BCUT2D eigenvalue weighted by atomic mass is 35.5. The highest BCUT2D eigenvalue weighted by Crippen LogP contribution is 2.63. The fraction of sp³-hybridized carbons (Fsp3) is 0.588. The lowest BCUT2D eigenvalue weighted by Crippen LogP contribution is -2.58. The summed E-state index contributed by atoms with van der Waals surface area (Å²) in [6, 6.07) is 8.33. The summed E-state index contributed by atoms with van der Waals surface area (Å²) in [4.78, 5) is 0. The number of halogens is 1. The van der Waals surface area contributed by atoms with Crippen molar-refractivity contribution in [3.8, 4) is 0 Å². The van der Waals surface area contributed by atoms with Gasteiger partial charge in [-0.15, -0.1) is 0 Å². The minimum Gasteiger partial charge on any atom is -0.387 e. The number of hydrogen-bond acceptors (Lipinski definition) is 1. The van der Waals surface area contributed by atoms with Gasteiger partial charge in [-0.3, -0.25) is 5.41 Å². The van der Waals surface area contributed by atoms with Crippen LogP contribution in [0.25, 0.3) is 0 Å². The molecule has 3 atom stereocenters. The monoisotopic (exact) mass is 288 g/mol. The lowest BCUT2D eigenvalue weighted by atomic mass is 9.43. The van der Waals surface area contributed by atoms with Crippen molar-refractivity contribution in [2.24, 2.45) is 29.4 Å². The van der Waals surface area contributed by atoms with E-state index in [-0.39, 0.29) is 11.3 Å². The molecule has 0 aliphatic heterocycles. The van der Waals surface area contributed by atoms with Crippen LogP contribution < -0.4 is 5.73 Å². The molecule has 4 aliphatic rings. The number of amidine groups is 1. The van der Waals surface area contributed by atoms with E-state index in [1.165, 1.54) is 37.7 Å². The summed E-state index contributed by atoms with van der Waals surface area (Å²) in [6.07, 6.45) is 6.40. The topological polar surface area (TPSA) is 49.9 Å². The van der Waals surface area contributed by atoms with Crippen LogP contribution in [-0.2, 0) is 5.41 Å². The molecule has 3 heteroatoms. The fourth-order valence-electron chi connectivity index (χ4n) is 5.79. The molecule has 4 saturated carbocycles. The minimum atomic E-state index is 0.116. The van der Waals surface area contributed by atoms with Gasteiger partial charge in [-0.2, -0.15) is 0 Å². The van der Waals surface area contributed by atoms with Crippen LogP contribution in [0, 0.1) is 29.1 Å². The van der Waals surface area contributed by atoms with Crippen molar-refractivity contribution in [1.29, 1.82) is 5.41 Å². The molecule has 5 rings (SSSR count). The van der Waals surface area contributed by atoms with Gasteiger partial charge < -0.3 is 5.73 Å². The summed E-state index contributed by atoms with van der Waals surface area (Å²) in [5, 5.41) is 8.93. The first-order valence-electron chi connectivity index (χ1n) is 7.68. The van der Waals surface area contributed by atoms with Crippen LogP contribution in [0.5, 0.6) is 0 Å². The van der Waals surface area contributed by atoms with Gasteiger partial charge in [0.1, 0.15) is 0 Å². The molecule has 4 fully saturated rings. The molecule has 1 aromatic rings. The van der Waals surface area contributed by atoms with E-state index in [2.05, 4.69) is 12.1 Å². The van der Waals surface area contributed by atoms with Gasteiger partial charge in [0.25, 0.3) is 0 Å². The second-order valence-corrected chi connectivity index (χ2v) is 7.64. The predicted molar refractivity (Wildman–Crippen MR) is 82.1 cm³/mol. The number of nitrogens with one attached hydrogen (secondary N) is 1. The van der Waals surface area contributed by atoms with Gasteiger partial charge in [-0.1, -0.05) is 23.7 Å². The molecular weight excluding hydrogens is 268 g/mol. The Kier molecular flexibility index (Phi) is 2.69. The van der Waals surface area contributed by atoms with E-state index in [1.807, 2.05) is 12.1 Å². The quantitative estimate of drug-likeness (QED) is 0.628. The summed E-state index contributed by atoms with van der Waals surface area (Å²) >= 11 is 6.05. The van der Waals surface area contributed by atoms with Crippen LogP contribution in [0.3, 0.4) is 0 Å². The zero-order valence-electron chi connectivity index (χ0n) is 11.6. The van der Waals surface area contributed by atoms with Crippen LogP contribution in [0.1, 0.15) is 37.7 Å². The average Bonchev–Trinajstić information content (AvgIpc) is 2.37. The lowest BCUT2D eigenvalue weighted by molar-refractivity contribution is -0.0344. The van der Waals surface area contributed by atoms with Gasteiger partial charge in [-0.05, 0) is 67.6 Å². The van der Waals surface area contributed by atoms with Crippen molar-refractivity contribution in [3.63, 3.8) is 0 Å². The summed E-state index contributed by atoms with van der Waals surface area (Å²) in [6.45, 7) is 0. The molecule has 2 nitrogen and oxygen atoms in total. The van der Waals surface area contributed by atoms with Gasteiger partial charge in [0.05, 0.1) is 5.84 Å². The number of hydrogen-bond donors (Lipinski definition) is 2. The Morgan fingerprint density at radius 1 is 1.10 bits per heavy atom. The second-order valence-electron chi connectivity index (χ2n) is 7.20. The van der Waals surface area contributed by atoms with Crippen molar-refractivity contribution in [2.75, 3.05) is 0 Å². The Morgan fingerprint density at radius 2 is 1.70 bits per heavy atom. The highest BCUT2D eigenvalue weighted by Gasteiger charge is 2.58. The van der Waals surface area contributed by atoms with Crippen LogP contribution in [0.4, 0.5) is 0 Å². The predicted octanol–water partition coefficient (Wildman–Crippen LogP) is 3.97. The van der Waals surface area contributed by atoms with E-state index < -0.39 is 0 Å². The van der Waals surface area contributed by atoms with E-state index >= 15 is 0 Å². The lowest BCUT2D eigenvalue weighted by Gasteiger charge is -2.61. The molecule has 106 valence electrons. The third-order valence-corrected chi connectivity index (χ3v) is 6.32. The van der Waals surface area contributed by atoms with Gasteiger partial charge in [-0.25, -0.2) is 0 Å². The summed E-state index contributed by atoms with van der Waals surface area (Å²) < 4.78 is 0. The third-order valence-electron chi connectivity index (χ3n) is 6.07. The average molecular weight is 289 g/mol. The van der Waals surface area contributed by atoms with Gasteiger partial charge in [0, 0.05) is 16.4 Å². The van der Waals surface area contributed by atoms with Crippen LogP contribution in [0.2, 0.25) is 5.02 Å². The van der Waals surface area contributed by atoms with Crippen molar-refractivity contribution in [3.05, 3.63) is 34.9 Å². The molecule has 4 bridgehead atoms. The summed E-state index contributed by atoms with van der Waals surface area (Å²) in [5.74, 6) is 2.98. The Balaban J connectivity index is 1.83. The van der Waals surface area contributed by atoms with Crippen LogP contribution >= 0.6 is 11.6 Å². The molecule has 3 N–H and O–H groups in total. The molecule has 0 radical (unpaired) electrons. The molecule has 3 unspecified atom stereocenters. The standard InChI is InChI=1S/C17H21ClN2/c18-14-3-1-13(2-4-14)17-8-10-5-11(9-17)7-12(6-10)15(17)16(19)20/h1-4,10-12,15H,5-9H2,(H3,19,20). The first-order valence-corrected chi connectivity index (χ1v) is 8.06. The normalized spacial score (nSPS) is 41.9. The summed E-state index contributed by atoms with van der Waals surface area (Å²) in [7, 11) is 0. The van der Waals surface area contributed by atoms with Crippen molar-refractivity contribution < 1.29 is 0 Å². The maximum absolute atomic E-state index is 8.14. The molecule has 0 heterocycles. The zero-order valence-corrected chi connectivity index (χ0v) is 12.4. The zero-order chi connectivity index (χ0) is 13.9. The number of benzene rings is 1. The molecular formula is C17H21ClN2. The summed E-state index contributed by atoms with van der Waals surface area (Å²) in [5.41, 5.74) is 7.51. The molecule has 0 spiro atoms. The smallest absolute Gasteiger partial charge is 0.0948 e. The molecule has 0 amide bonds. The van der Waals surface area contributed by atoms with E-state index in [0.29, 0.717) is 11.8 Å². The van der Waals surface area contributed by atoms with Gasteiger partial charge in [0.2, 0.25) is 0 Å². The minimum absolute atomic E-state index is 0.116. The maximum atomic E-state index is 8.14.